The summed E-state index contributed by atoms with van der Waals surface area (Å²) in [5, 5.41) is 9.13. The molecule has 5 heteroatoms. The van der Waals surface area contributed by atoms with E-state index in [9.17, 15) is 9.59 Å². The van der Waals surface area contributed by atoms with Crippen LogP contribution in [0, 0.1) is 0 Å². The molecule has 1 fully saturated rings. The van der Waals surface area contributed by atoms with Gasteiger partial charge in [-0.1, -0.05) is 12.1 Å². The van der Waals surface area contributed by atoms with Gasteiger partial charge in [0.25, 0.3) is 0 Å². The predicted molar refractivity (Wildman–Crippen MR) is 65.8 cm³/mol. The van der Waals surface area contributed by atoms with E-state index in [0.717, 1.165) is 5.69 Å². The second-order valence-corrected chi connectivity index (χ2v) is 4.74. The molecule has 1 heterocycles. The molecular formula is C13H15NO4. The number of ether oxygens (including phenoxy) is 1. The zero-order valence-corrected chi connectivity index (χ0v) is 10.3. The summed E-state index contributed by atoms with van der Waals surface area (Å²) >= 11 is 0. The van der Waals surface area contributed by atoms with Gasteiger partial charge in [-0.3, -0.25) is 9.69 Å². The first-order chi connectivity index (χ1) is 8.43. The Morgan fingerprint density at radius 3 is 2.39 bits per heavy atom. The monoisotopic (exact) mass is 249 g/mol. The average Bonchev–Trinajstić information content (AvgIpc) is 2.75. The minimum Gasteiger partial charge on any atom is -0.481 e. The standard InChI is InChI=1S/C13H15NO4/c1-13(2,11(15)16)9-3-5-10(6-4-9)14-7-8-18-12(14)17/h3-6H,7-8H2,1-2H3,(H,15,16). The summed E-state index contributed by atoms with van der Waals surface area (Å²) in [5.41, 5.74) is 0.484. The van der Waals surface area contributed by atoms with Crippen molar-refractivity contribution in [1.82, 2.24) is 0 Å². The zero-order valence-electron chi connectivity index (χ0n) is 10.3. The van der Waals surface area contributed by atoms with Gasteiger partial charge < -0.3 is 9.84 Å². The van der Waals surface area contributed by atoms with E-state index in [1.54, 1.807) is 38.1 Å². The van der Waals surface area contributed by atoms with Crippen molar-refractivity contribution in [2.24, 2.45) is 0 Å². The fourth-order valence-electron chi connectivity index (χ4n) is 1.81. The minimum absolute atomic E-state index is 0.361. The van der Waals surface area contributed by atoms with E-state index in [-0.39, 0.29) is 6.09 Å². The van der Waals surface area contributed by atoms with Crippen molar-refractivity contribution in [3.05, 3.63) is 29.8 Å². The van der Waals surface area contributed by atoms with E-state index in [2.05, 4.69) is 0 Å². The third kappa shape index (κ3) is 2.03. The molecule has 1 aromatic carbocycles. The van der Waals surface area contributed by atoms with E-state index in [0.29, 0.717) is 18.7 Å². The summed E-state index contributed by atoms with van der Waals surface area (Å²) in [6.07, 6.45) is -0.361. The third-order valence-corrected chi connectivity index (χ3v) is 3.20. The number of carbonyl (C=O) groups is 2. The highest BCUT2D eigenvalue weighted by Crippen LogP contribution is 2.26. The number of cyclic esters (lactones) is 1. The molecule has 0 unspecified atom stereocenters. The van der Waals surface area contributed by atoms with E-state index < -0.39 is 11.4 Å². The molecule has 96 valence electrons. The van der Waals surface area contributed by atoms with Crippen molar-refractivity contribution in [2.75, 3.05) is 18.1 Å². The van der Waals surface area contributed by atoms with Gasteiger partial charge >= 0.3 is 12.1 Å². The highest BCUT2D eigenvalue weighted by Gasteiger charge is 2.30. The number of carboxylic acids is 1. The summed E-state index contributed by atoms with van der Waals surface area (Å²) in [7, 11) is 0. The van der Waals surface area contributed by atoms with Crippen LogP contribution >= 0.6 is 0 Å². The first kappa shape index (κ1) is 12.4. The topological polar surface area (TPSA) is 66.8 Å². The van der Waals surface area contributed by atoms with Gasteiger partial charge in [0.2, 0.25) is 0 Å². The Morgan fingerprint density at radius 2 is 1.94 bits per heavy atom. The number of nitrogens with zero attached hydrogens (tertiary/aromatic N) is 1. The molecule has 0 aliphatic carbocycles. The van der Waals surface area contributed by atoms with E-state index in [4.69, 9.17) is 9.84 Å². The fourth-order valence-corrected chi connectivity index (χ4v) is 1.81. The van der Waals surface area contributed by atoms with Crippen LogP contribution in [0.25, 0.3) is 0 Å². The molecule has 5 nitrogen and oxygen atoms in total. The lowest BCUT2D eigenvalue weighted by Gasteiger charge is -2.21. The Kier molecular flexibility index (Phi) is 2.98. The van der Waals surface area contributed by atoms with Crippen molar-refractivity contribution < 1.29 is 19.4 Å². The summed E-state index contributed by atoms with van der Waals surface area (Å²) in [5.74, 6) is -0.879. The number of amides is 1. The van der Waals surface area contributed by atoms with E-state index >= 15 is 0 Å². The lowest BCUT2D eigenvalue weighted by atomic mass is 9.85. The maximum absolute atomic E-state index is 11.4. The van der Waals surface area contributed by atoms with Crippen molar-refractivity contribution in [2.45, 2.75) is 19.3 Å². The summed E-state index contributed by atoms with van der Waals surface area (Å²) in [6.45, 7) is 4.21. The number of hydrogen-bond acceptors (Lipinski definition) is 3. The van der Waals surface area contributed by atoms with E-state index in [1.807, 2.05) is 0 Å². The Morgan fingerprint density at radius 1 is 1.33 bits per heavy atom. The molecule has 1 N–H and O–H groups in total. The Labute approximate surface area is 105 Å². The number of carbonyl (C=O) groups excluding carboxylic acids is 1. The smallest absolute Gasteiger partial charge is 0.414 e. The van der Waals surface area contributed by atoms with Crippen LogP contribution in [-0.4, -0.2) is 30.3 Å². The van der Waals surface area contributed by atoms with Crippen molar-refractivity contribution in [3.63, 3.8) is 0 Å². The third-order valence-electron chi connectivity index (χ3n) is 3.20. The quantitative estimate of drug-likeness (QED) is 0.889. The Hall–Kier alpha value is -2.04. The molecule has 1 saturated heterocycles. The molecule has 0 aromatic heterocycles. The van der Waals surface area contributed by atoms with Gasteiger partial charge in [-0.2, -0.15) is 0 Å². The number of carboxylic acid groups (broad SMARTS) is 1. The number of rotatable bonds is 3. The number of benzene rings is 1. The molecule has 0 radical (unpaired) electrons. The van der Waals surface area contributed by atoms with Crippen LogP contribution in [0.4, 0.5) is 10.5 Å². The highest BCUT2D eigenvalue weighted by atomic mass is 16.6. The number of aliphatic carboxylic acids is 1. The summed E-state index contributed by atoms with van der Waals surface area (Å²) in [4.78, 5) is 24.0. The van der Waals surface area contributed by atoms with E-state index in [1.165, 1.54) is 4.90 Å². The summed E-state index contributed by atoms with van der Waals surface area (Å²) in [6, 6.07) is 6.95. The van der Waals surface area contributed by atoms with Gasteiger partial charge in [-0.15, -0.1) is 0 Å². The van der Waals surface area contributed by atoms with Gasteiger partial charge in [0.05, 0.1) is 12.0 Å². The van der Waals surface area contributed by atoms with Crippen LogP contribution in [0.1, 0.15) is 19.4 Å². The normalized spacial score (nSPS) is 15.7. The second-order valence-electron chi connectivity index (χ2n) is 4.74. The van der Waals surface area contributed by atoms with Gasteiger partial charge in [0.1, 0.15) is 6.61 Å². The number of hydrogen-bond donors (Lipinski definition) is 1. The first-order valence-corrected chi connectivity index (χ1v) is 5.71. The predicted octanol–water partition coefficient (Wildman–Crippen LogP) is 2.01. The average molecular weight is 249 g/mol. The second kappa shape index (κ2) is 4.33. The van der Waals surface area contributed by atoms with Crippen molar-refractivity contribution >= 4 is 17.7 Å². The molecule has 1 amide bonds. The van der Waals surface area contributed by atoms with Gasteiger partial charge in [0, 0.05) is 5.69 Å². The van der Waals surface area contributed by atoms with Crippen LogP contribution in [0.2, 0.25) is 0 Å². The maximum Gasteiger partial charge on any atom is 0.414 e. The zero-order chi connectivity index (χ0) is 13.3. The molecule has 0 saturated carbocycles. The molecule has 0 bridgehead atoms. The van der Waals surface area contributed by atoms with Crippen LogP contribution in [0.5, 0.6) is 0 Å². The van der Waals surface area contributed by atoms with Gasteiger partial charge in [0.15, 0.2) is 0 Å². The fraction of sp³-hybridized carbons (Fsp3) is 0.385. The lowest BCUT2D eigenvalue weighted by Crippen LogP contribution is -2.28. The van der Waals surface area contributed by atoms with Crippen molar-refractivity contribution in [3.8, 4) is 0 Å². The molecule has 1 aromatic rings. The van der Waals surface area contributed by atoms with Crippen molar-refractivity contribution in [1.29, 1.82) is 0 Å². The van der Waals surface area contributed by atoms with Crippen LogP contribution in [0.15, 0.2) is 24.3 Å². The maximum atomic E-state index is 11.4. The van der Waals surface area contributed by atoms with Gasteiger partial charge in [-0.25, -0.2) is 4.79 Å². The molecule has 2 rings (SSSR count). The summed E-state index contributed by atoms with van der Waals surface area (Å²) < 4.78 is 4.85. The van der Waals surface area contributed by atoms with Gasteiger partial charge in [-0.05, 0) is 31.5 Å². The molecule has 0 atom stereocenters. The number of anilines is 1. The van der Waals surface area contributed by atoms with Crippen LogP contribution in [-0.2, 0) is 14.9 Å². The Bertz CT molecular complexity index is 478. The first-order valence-electron chi connectivity index (χ1n) is 5.71. The largest absolute Gasteiger partial charge is 0.481 e. The van der Waals surface area contributed by atoms with Crippen LogP contribution in [0.3, 0.4) is 0 Å². The SMILES string of the molecule is CC(C)(C(=O)O)c1ccc(N2CCOC2=O)cc1. The van der Waals surface area contributed by atoms with Crippen LogP contribution < -0.4 is 4.90 Å². The minimum atomic E-state index is -0.940. The molecule has 0 spiro atoms. The molecule has 1 aliphatic rings. The molecule has 18 heavy (non-hydrogen) atoms. The highest BCUT2D eigenvalue weighted by molar-refractivity contribution is 5.89. The molecule has 1 aliphatic heterocycles. The Balaban J connectivity index is 2.25. The molecular weight excluding hydrogens is 234 g/mol. The lowest BCUT2D eigenvalue weighted by molar-refractivity contribution is -0.142.